The van der Waals surface area contributed by atoms with E-state index >= 15 is 0 Å². The molecule has 0 bridgehead atoms. The van der Waals surface area contributed by atoms with Gasteiger partial charge in [0.2, 0.25) is 0 Å². The molecule has 1 aliphatic rings. The van der Waals surface area contributed by atoms with Gasteiger partial charge < -0.3 is 14.8 Å². The number of anilines is 1. The first-order valence-electron chi connectivity index (χ1n) is 12.3. The van der Waals surface area contributed by atoms with Crippen molar-refractivity contribution in [3.8, 4) is 6.07 Å². The minimum Gasteiger partial charge on any atom is -0.465 e. The monoisotopic (exact) mass is 514 g/mol. The van der Waals surface area contributed by atoms with Crippen molar-refractivity contribution in [2.45, 2.75) is 65.0 Å². The Bertz CT molecular complexity index is 1260. The van der Waals surface area contributed by atoms with Gasteiger partial charge in [-0.15, -0.1) is 0 Å². The molecule has 2 atom stereocenters. The molecule has 3 aromatic rings. The van der Waals surface area contributed by atoms with Gasteiger partial charge in [-0.3, -0.25) is 9.88 Å². The van der Waals surface area contributed by atoms with Crippen LogP contribution in [0.5, 0.6) is 0 Å². The molecule has 9 nitrogen and oxygen atoms in total. The van der Waals surface area contributed by atoms with E-state index in [0.717, 1.165) is 4.90 Å². The van der Waals surface area contributed by atoms with Crippen molar-refractivity contribution in [1.82, 2.24) is 19.5 Å². The number of alkyl halides is 2. The molecule has 1 aliphatic carbocycles. The van der Waals surface area contributed by atoms with Crippen LogP contribution in [-0.4, -0.2) is 48.3 Å². The van der Waals surface area contributed by atoms with E-state index in [1.165, 1.54) is 18.7 Å². The van der Waals surface area contributed by atoms with Crippen molar-refractivity contribution in [2.24, 2.45) is 11.8 Å². The Kier molecular flexibility index (Phi) is 8.43. The SMILES string of the molecule is CC.CC(C)(O)c1cnc(N(CC2CCC(F)(F)C(Cn3cnc4ccc(C#N)cc43)C2)C(=O)O)cn1. The van der Waals surface area contributed by atoms with Crippen LogP contribution in [-0.2, 0) is 12.1 Å². The first-order chi connectivity index (χ1) is 17.5. The average molecular weight is 515 g/mol. The predicted molar refractivity (Wildman–Crippen MR) is 134 cm³/mol. The number of amides is 1. The fourth-order valence-corrected chi connectivity index (χ4v) is 4.48. The number of halogens is 2. The Labute approximate surface area is 214 Å². The third-order valence-electron chi connectivity index (χ3n) is 6.48. The molecule has 0 radical (unpaired) electrons. The molecule has 198 valence electrons. The molecule has 1 saturated carbocycles. The van der Waals surface area contributed by atoms with Gasteiger partial charge in [0.15, 0.2) is 5.82 Å². The topological polar surface area (TPSA) is 128 Å². The summed E-state index contributed by atoms with van der Waals surface area (Å²) in [5.74, 6) is -4.18. The van der Waals surface area contributed by atoms with Crippen LogP contribution < -0.4 is 4.90 Å². The van der Waals surface area contributed by atoms with Crippen LogP contribution in [0.1, 0.15) is 58.2 Å². The Morgan fingerprint density at radius 2 is 2.00 bits per heavy atom. The highest BCUT2D eigenvalue weighted by molar-refractivity contribution is 5.84. The van der Waals surface area contributed by atoms with Gasteiger partial charge in [0.05, 0.1) is 47.1 Å². The Morgan fingerprint density at radius 3 is 2.59 bits per heavy atom. The van der Waals surface area contributed by atoms with E-state index in [-0.39, 0.29) is 49.8 Å². The minimum absolute atomic E-state index is 0.00170. The quantitative estimate of drug-likeness (QED) is 0.463. The second-order valence-corrected chi connectivity index (χ2v) is 9.52. The first-order valence-corrected chi connectivity index (χ1v) is 12.3. The van der Waals surface area contributed by atoms with E-state index in [9.17, 15) is 23.8 Å². The van der Waals surface area contributed by atoms with E-state index in [2.05, 4.69) is 15.0 Å². The van der Waals surface area contributed by atoms with Crippen LogP contribution in [0.4, 0.5) is 19.4 Å². The molecule has 0 aliphatic heterocycles. The summed E-state index contributed by atoms with van der Waals surface area (Å²) in [6.07, 6.45) is 2.75. The molecule has 4 rings (SSSR count). The molecule has 0 spiro atoms. The highest BCUT2D eigenvalue weighted by Crippen LogP contribution is 2.43. The second-order valence-electron chi connectivity index (χ2n) is 9.52. The molecular formula is C26H32F2N6O3. The molecule has 1 fully saturated rings. The van der Waals surface area contributed by atoms with Gasteiger partial charge in [-0.1, -0.05) is 13.8 Å². The third kappa shape index (κ3) is 6.38. The lowest BCUT2D eigenvalue weighted by atomic mass is 9.78. The van der Waals surface area contributed by atoms with Crippen LogP contribution in [0, 0.1) is 23.2 Å². The smallest absolute Gasteiger partial charge is 0.413 e. The Hall–Kier alpha value is -3.65. The molecule has 1 amide bonds. The lowest BCUT2D eigenvalue weighted by molar-refractivity contribution is -0.102. The number of nitriles is 1. The van der Waals surface area contributed by atoms with Crippen LogP contribution in [0.15, 0.2) is 36.9 Å². The van der Waals surface area contributed by atoms with Gasteiger partial charge in [0.1, 0.15) is 5.60 Å². The summed E-state index contributed by atoms with van der Waals surface area (Å²) < 4.78 is 31.4. The van der Waals surface area contributed by atoms with Crippen LogP contribution in [0.2, 0.25) is 0 Å². The normalized spacial score (nSPS) is 19.0. The number of aromatic nitrogens is 4. The largest absolute Gasteiger partial charge is 0.465 e. The zero-order valence-electron chi connectivity index (χ0n) is 21.4. The summed E-state index contributed by atoms with van der Waals surface area (Å²) in [4.78, 5) is 25.4. The lowest BCUT2D eigenvalue weighted by Gasteiger charge is -2.37. The fourth-order valence-electron chi connectivity index (χ4n) is 4.48. The Balaban J connectivity index is 0.00000186. The number of hydrogen-bond acceptors (Lipinski definition) is 6. The molecule has 37 heavy (non-hydrogen) atoms. The van der Waals surface area contributed by atoms with Crippen molar-refractivity contribution in [3.05, 3.63) is 48.2 Å². The maximum Gasteiger partial charge on any atom is 0.413 e. The summed E-state index contributed by atoms with van der Waals surface area (Å²) in [7, 11) is 0. The molecule has 1 aromatic carbocycles. The zero-order chi connectivity index (χ0) is 27.4. The highest BCUT2D eigenvalue weighted by Gasteiger charge is 2.45. The number of imidazole rings is 1. The predicted octanol–water partition coefficient (Wildman–Crippen LogP) is 5.19. The van der Waals surface area contributed by atoms with Crippen molar-refractivity contribution < 1.29 is 23.8 Å². The van der Waals surface area contributed by atoms with Gasteiger partial charge in [0, 0.05) is 25.4 Å². The first kappa shape index (κ1) is 27.9. The number of carboxylic acid groups (broad SMARTS) is 1. The van der Waals surface area contributed by atoms with Gasteiger partial charge in [0.25, 0.3) is 5.92 Å². The van der Waals surface area contributed by atoms with E-state index < -0.39 is 23.5 Å². The summed E-state index contributed by atoms with van der Waals surface area (Å²) in [6.45, 7) is 7.08. The summed E-state index contributed by atoms with van der Waals surface area (Å²) in [5.41, 5.74) is 0.700. The fraction of sp³-hybridized carbons (Fsp3) is 0.500. The summed E-state index contributed by atoms with van der Waals surface area (Å²) in [5, 5.41) is 29.0. The van der Waals surface area contributed by atoms with E-state index in [4.69, 9.17) is 5.26 Å². The molecule has 2 unspecified atom stereocenters. The van der Waals surface area contributed by atoms with Crippen LogP contribution in [0.3, 0.4) is 0 Å². The maximum atomic E-state index is 14.9. The number of benzene rings is 1. The molecule has 2 N–H and O–H groups in total. The molecule has 2 aromatic heterocycles. The molecule has 0 saturated heterocycles. The highest BCUT2D eigenvalue weighted by atomic mass is 19.3. The number of nitrogens with zero attached hydrogens (tertiary/aromatic N) is 6. The van der Waals surface area contributed by atoms with E-state index in [0.29, 0.717) is 16.6 Å². The van der Waals surface area contributed by atoms with Gasteiger partial charge in [-0.05, 0) is 50.8 Å². The van der Waals surface area contributed by atoms with E-state index in [1.54, 1.807) is 36.6 Å². The molecule has 2 heterocycles. The summed E-state index contributed by atoms with van der Waals surface area (Å²) in [6, 6.07) is 6.98. The number of hydrogen-bond donors (Lipinski definition) is 2. The van der Waals surface area contributed by atoms with E-state index in [1.807, 2.05) is 19.9 Å². The minimum atomic E-state index is -2.91. The van der Waals surface area contributed by atoms with Crippen LogP contribution >= 0.6 is 0 Å². The Morgan fingerprint density at radius 1 is 1.27 bits per heavy atom. The number of carbonyl (C=O) groups is 1. The van der Waals surface area contributed by atoms with Crippen molar-refractivity contribution in [1.29, 1.82) is 5.26 Å². The number of fused-ring (bicyclic) bond motifs is 1. The van der Waals surface area contributed by atoms with Crippen molar-refractivity contribution in [2.75, 3.05) is 11.4 Å². The second kappa shape index (κ2) is 11.2. The van der Waals surface area contributed by atoms with Gasteiger partial charge >= 0.3 is 6.09 Å². The molecule has 11 heteroatoms. The maximum absolute atomic E-state index is 14.9. The van der Waals surface area contributed by atoms with Crippen molar-refractivity contribution in [3.63, 3.8) is 0 Å². The standard InChI is InChI=1S/C24H26F2N6O3.C2H6/c1-23(2,35)20-10-29-21(11-28-20)32(22(33)34)12-16-5-6-24(25,26)17(7-16)13-31-14-30-18-4-3-15(9-27)8-19(18)31;1-2/h3-4,8,10-11,14,16-17,35H,5-7,12-13H2,1-2H3,(H,33,34);1-2H3. The van der Waals surface area contributed by atoms with Crippen molar-refractivity contribution >= 4 is 22.9 Å². The van der Waals surface area contributed by atoms with Gasteiger partial charge in [-0.25, -0.2) is 23.5 Å². The lowest BCUT2D eigenvalue weighted by Crippen LogP contribution is -2.43. The number of aliphatic hydroxyl groups is 1. The number of rotatable bonds is 6. The average Bonchev–Trinajstić information content (AvgIpc) is 3.26. The third-order valence-corrected chi connectivity index (χ3v) is 6.48. The summed E-state index contributed by atoms with van der Waals surface area (Å²) >= 11 is 0. The zero-order valence-corrected chi connectivity index (χ0v) is 21.4. The van der Waals surface area contributed by atoms with Gasteiger partial charge in [-0.2, -0.15) is 5.26 Å². The van der Waals surface area contributed by atoms with Crippen LogP contribution in [0.25, 0.3) is 11.0 Å². The molecular weight excluding hydrogens is 482 g/mol.